The van der Waals surface area contributed by atoms with Gasteiger partial charge in [-0.05, 0) is 19.1 Å². The molecule has 15 heavy (non-hydrogen) atoms. The smallest absolute Gasteiger partial charge is 0.242 e. The standard InChI is InChI=1S/C9H9NO4S/c1-5-9(12)10-7-3-2-6(11)4-8(7)15(5,13)14/h2-5,11H,1H3,(H,10,12). The van der Waals surface area contributed by atoms with Crippen molar-refractivity contribution in [1.29, 1.82) is 0 Å². The predicted octanol–water partition coefficient (Wildman–Crippen LogP) is 0.506. The average molecular weight is 227 g/mol. The molecule has 1 unspecified atom stereocenters. The van der Waals surface area contributed by atoms with Crippen molar-refractivity contribution < 1.29 is 18.3 Å². The van der Waals surface area contributed by atoms with Crippen molar-refractivity contribution in [3.8, 4) is 5.75 Å². The molecule has 1 aliphatic heterocycles. The number of rotatable bonds is 0. The molecule has 1 aromatic carbocycles. The Morgan fingerprint density at radius 3 is 2.73 bits per heavy atom. The number of aromatic hydroxyl groups is 1. The van der Waals surface area contributed by atoms with E-state index in [1.807, 2.05) is 0 Å². The van der Waals surface area contributed by atoms with Crippen LogP contribution in [0.2, 0.25) is 0 Å². The molecule has 2 rings (SSSR count). The summed E-state index contributed by atoms with van der Waals surface area (Å²) >= 11 is 0. The highest BCUT2D eigenvalue weighted by molar-refractivity contribution is 7.93. The molecule has 5 nitrogen and oxygen atoms in total. The maximum atomic E-state index is 11.8. The zero-order chi connectivity index (χ0) is 11.2. The summed E-state index contributed by atoms with van der Waals surface area (Å²) in [5.41, 5.74) is 0.218. The summed E-state index contributed by atoms with van der Waals surface area (Å²) in [6, 6.07) is 3.83. The number of hydrogen-bond donors (Lipinski definition) is 2. The van der Waals surface area contributed by atoms with Crippen LogP contribution in [0.1, 0.15) is 6.92 Å². The third-order valence-corrected chi connectivity index (χ3v) is 4.46. The molecule has 0 saturated heterocycles. The van der Waals surface area contributed by atoms with Crippen LogP contribution in [0.3, 0.4) is 0 Å². The fraction of sp³-hybridized carbons (Fsp3) is 0.222. The van der Waals surface area contributed by atoms with E-state index in [4.69, 9.17) is 0 Å². The zero-order valence-electron chi connectivity index (χ0n) is 7.89. The second kappa shape index (κ2) is 2.96. The molecule has 0 bridgehead atoms. The van der Waals surface area contributed by atoms with E-state index >= 15 is 0 Å². The minimum atomic E-state index is -3.66. The SMILES string of the molecule is CC1C(=O)Nc2ccc(O)cc2S1(=O)=O. The molecule has 1 heterocycles. The van der Waals surface area contributed by atoms with Gasteiger partial charge in [-0.15, -0.1) is 0 Å². The van der Waals surface area contributed by atoms with Gasteiger partial charge in [-0.1, -0.05) is 0 Å². The van der Waals surface area contributed by atoms with Gasteiger partial charge in [-0.25, -0.2) is 8.42 Å². The normalized spacial score (nSPS) is 23.0. The van der Waals surface area contributed by atoms with E-state index in [9.17, 15) is 18.3 Å². The fourth-order valence-electron chi connectivity index (χ4n) is 1.42. The lowest BCUT2D eigenvalue weighted by molar-refractivity contribution is -0.115. The van der Waals surface area contributed by atoms with Crippen LogP contribution in [0, 0.1) is 0 Å². The molecule has 0 saturated carbocycles. The lowest BCUT2D eigenvalue weighted by Gasteiger charge is -2.22. The van der Waals surface area contributed by atoms with Gasteiger partial charge >= 0.3 is 0 Å². The summed E-state index contributed by atoms with van der Waals surface area (Å²) < 4.78 is 23.6. The average Bonchev–Trinajstić information content (AvgIpc) is 2.17. The Balaban J connectivity index is 2.73. The number of phenols is 1. The van der Waals surface area contributed by atoms with Crippen LogP contribution in [-0.4, -0.2) is 24.7 Å². The Morgan fingerprint density at radius 1 is 1.40 bits per heavy atom. The second-order valence-corrected chi connectivity index (χ2v) is 5.59. The second-order valence-electron chi connectivity index (χ2n) is 3.36. The monoisotopic (exact) mass is 227 g/mol. The first-order valence-corrected chi connectivity index (χ1v) is 5.85. The van der Waals surface area contributed by atoms with Crippen LogP contribution >= 0.6 is 0 Å². The van der Waals surface area contributed by atoms with Gasteiger partial charge in [0.05, 0.1) is 10.6 Å². The number of amides is 1. The third kappa shape index (κ3) is 1.37. The maximum Gasteiger partial charge on any atom is 0.242 e. The van der Waals surface area contributed by atoms with E-state index in [0.29, 0.717) is 0 Å². The Labute approximate surface area is 86.7 Å². The Bertz CT molecular complexity index is 535. The van der Waals surface area contributed by atoms with E-state index in [1.54, 1.807) is 0 Å². The lowest BCUT2D eigenvalue weighted by atomic mass is 10.3. The summed E-state index contributed by atoms with van der Waals surface area (Å²) in [6.45, 7) is 1.32. The molecule has 80 valence electrons. The highest BCUT2D eigenvalue weighted by Crippen LogP contribution is 2.32. The van der Waals surface area contributed by atoms with Crippen molar-refractivity contribution >= 4 is 21.4 Å². The largest absolute Gasteiger partial charge is 0.508 e. The van der Waals surface area contributed by atoms with Crippen LogP contribution < -0.4 is 5.32 Å². The third-order valence-electron chi connectivity index (χ3n) is 2.36. The van der Waals surface area contributed by atoms with Crippen LogP contribution in [0.5, 0.6) is 5.75 Å². The summed E-state index contributed by atoms with van der Waals surface area (Å²) in [5.74, 6) is -0.686. The molecular weight excluding hydrogens is 218 g/mol. The number of benzene rings is 1. The molecular formula is C9H9NO4S. The Hall–Kier alpha value is -1.56. The summed E-state index contributed by atoms with van der Waals surface area (Å²) in [5, 5.41) is 10.5. The molecule has 1 amide bonds. The molecule has 0 aromatic heterocycles. The summed E-state index contributed by atoms with van der Waals surface area (Å²) in [4.78, 5) is 11.3. The van der Waals surface area contributed by atoms with Crippen molar-refractivity contribution in [3.05, 3.63) is 18.2 Å². The van der Waals surface area contributed by atoms with Crippen molar-refractivity contribution in [2.24, 2.45) is 0 Å². The first-order chi connectivity index (χ1) is 6.93. The van der Waals surface area contributed by atoms with Crippen LogP contribution in [0.25, 0.3) is 0 Å². The number of anilines is 1. The lowest BCUT2D eigenvalue weighted by Crippen LogP contribution is -2.37. The van der Waals surface area contributed by atoms with E-state index in [2.05, 4.69) is 5.32 Å². The topological polar surface area (TPSA) is 83.5 Å². The molecule has 0 fully saturated rings. The highest BCUT2D eigenvalue weighted by Gasteiger charge is 2.36. The molecule has 1 aliphatic rings. The van der Waals surface area contributed by atoms with Crippen molar-refractivity contribution in [3.63, 3.8) is 0 Å². The predicted molar refractivity (Wildman–Crippen MR) is 53.4 cm³/mol. The van der Waals surface area contributed by atoms with Gasteiger partial charge in [0.2, 0.25) is 5.91 Å². The molecule has 1 aromatic rings. The number of fused-ring (bicyclic) bond motifs is 1. The Morgan fingerprint density at radius 2 is 2.07 bits per heavy atom. The van der Waals surface area contributed by atoms with Crippen molar-refractivity contribution in [1.82, 2.24) is 0 Å². The Kier molecular flexibility index (Phi) is 1.97. The van der Waals surface area contributed by atoms with Gasteiger partial charge in [-0.2, -0.15) is 0 Å². The highest BCUT2D eigenvalue weighted by atomic mass is 32.2. The molecule has 6 heteroatoms. The molecule has 0 radical (unpaired) electrons. The first kappa shape index (κ1) is 9.97. The molecule has 0 spiro atoms. The van der Waals surface area contributed by atoms with Crippen LogP contribution in [-0.2, 0) is 14.6 Å². The summed E-state index contributed by atoms with van der Waals surface area (Å²) in [6.07, 6.45) is 0. The number of phenolic OH excluding ortho intramolecular Hbond substituents is 1. The molecule has 2 N–H and O–H groups in total. The van der Waals surface area contributed by atoms with E-state index in [1.165, 1.54) is 19.1 Å². The zero-order valence-corrected chi connectivity index (χ0v) is 8.71. The molecule has 0 aliphatic carbocycles. The van der Waals surface area contributed by atoms with E-state index in [-0.39, 0.29) is 16.3 Å². The van der Waals surface area contributed by atoms with Gasteiger partial charge in [0.25, 0.3) is 0 Å². The number of carbonyl (C=O) groups is 1. The fourth-order valence-corrected chi connectivity index (χ4v) is 2.85. The first-order valence-electron chi connectivity index (χ1n) is 4.30. The van der Waals surface area contributed by atoms with Gasteiger partial charge < -0.3 is 10.4 Å². The van der Waals surface area contributed by atoms with Crippen LogP contribution in [0.4, 0.5) is 5.69 Å². The number of nitrogens with one attached hydrogen (secondary N) is 1. The van der Waals surface area contributed by atoms with Crippen molar-refractivity contribution in [2.75, 3.05) is 5.32 Å². The minimum absolute atomic E-state index is 0.0328. The van der Waals surface area contributed by atoms with Gasteiger partial charge in [0.1, 0.15) is 11.0 Å². The van der Waals surface area contributed by atoms with Gasteiger partial charge in [-0.3, -0.25) is 4.79 Å². The maximum absolute atomic E-state index is 11.8. The van der Waals surface area contributed by atoms with Crippen molar-refractivity contribution in [2.45, 2.75) is 17.1 Å². The number of sulfone groups is 1. The van der Waals surface area contributed by atoms with Gasteiger partial charge in [0.15, 0.2) is 9.84 Å². The van der Waals surface area contributed by atoms with Crippen LogP contribution in [0.15, 0.2) is 23.1 Å². The van der Waals surface area contributed by atoms with E-state index < -0.39 is 21.0 Å². The minimum Gasteiger partial charge on any atom is -0.508 e. The quantitative estimate of drug-likeness (QED) is 0.632. The van der Waals surface area contributed by atoms with Gasteiger partial charge in [0, 0.05) is 6.07 Å². The molecule has 1 atom stereocenters. The summed E-state index contributed by atoms with van der Waals surface area (Å²) in [7, 11) is -3.66. The number of carbonyl (C=O) groups excluding carboxylic acids is 1. The van der Waals surface area contributed by atoms with E-state index in [0.717, 1.165) is 6.07 Å². The number of hydrogen-bond acceptors (Lipinski definition) is 4.